The molecule has 2 aromatic rings. The van der Waals surface area contributed by atoms with Gasteiger partial charge >= 0.3 is 0 Å². The minimum atomic E-state index is -0.207. The second-order valence-corrected chi connectivity index (χ2v) is 8.22. The highest BCUT2D eigenvalue weighted by molar-refractivity contribution is 5.84. The lowest BCUT2D eigenvalue weighted by molar-refractivity contribution is -0.130. The van der Waals surface area contributed by atoms with Gasteiger partial charge in [0.1, 0.15) is 0 Å². The first-order valence-corrected chi connectivity index (χ1v) is 10.1. The highest BCUT2D eigenvalue weighted by Gasteiger charge is 2.40. The molecule has 2 atom stereocenters. The Kier molecular flexibility index (Phi) is 6.50. The van der Waals surface area contributed by atoms with Crippen LogP contribution in [-0.2, 0) is 16.0 Å². The second kappa shape index (κ2) is 9.05. The van der Waals surface area contributed by atoms with Gasteiger partial charge in [-0.05, 0) is 24.0 Å². The van der Waals surface area contributed by atoms with Crippen LogP contribution in [-0.4, -0.2) is 36.3 Å². The van der Waals surface area contributed by atoms with E-state index in [1.165, 1.54) is 5.56 Å². The number of carbonyl (C=O) groups is 2. The van der Waals surface area contributed by atoms with E-state index in [1.54, 1.807) is 0 Å². The van der Waals surface area contributed by atoms with E-state index in [4.69, 9.17) is 0 Å². The molecule has 2 unspecified atom stereocenters. The molecule has 1 aliphatic heterocycles. The summed E-state index contributed by atoms with van der Waals surface area (Å²) in [5, 5.41) is 3.07. The van der Waals surface area contributed by atoms with Crippen LogP contribution < -0.4 is 5.32 Å². The Morgan fingerprint density at radius 1 is 1.04 bits per heavy atom. The van der Waals surface area contributed by atoms with E-state index in [1.807, 2.05) is 35.2 Å². The average molecular weight is 379 g/mol. The molecule has 1 N–H and O–H groups in total. The fourth-order valence-corrected chi connectivity index (χ4v) is 3.74. The lowest BCUT2D eigenvalue weighted by Crippen LogP contribution is -2.37. The molecule has 4 nitrogen and oxygen atoms in total. The number of likely N-dealkylation sites (tertiary alicyclic amines) is 1. The largest absolute Gasteiger partial charge is 0.356 e. The van der Waals surface area contributed by atoms with Crippen LogP contribution in [0.25, 0.3) is 0 Å². The number of nitrogens with zero attached hydrogens (tertiary/aromatic N) is 1. The number of hydrogen-bond donors (Lipinski definition) is 1. The predicted octanol–water partition coefficient (Wildman–Crippen LogP) is 3.55. The minimum absolute atomic E-state index is 0.0347. The third-order valence-electron chi connectivity index (χ3n) is 5.40. The standard InChI is InChI=1S/C24H30N2O2/c1-17(2)14-25-24(28)22-16-26(23(27)13-19-7-5-4-6-8-19)15-21(22)20-11-9-18(3)10-12-20/h4-12,17,21-22H,13-16H2,1-3H3,(H,25,28). The Morgan fingerprint density at radius 3 is 2.36 bits per heavy atom. The van der Waals surface area contributed by atoms with E-state index in [0.29, 0.717) is 32.0 Å². The molecule has 2 amide bonds. The van der Waals surface area contributed by atoms with Crippen LogP contribution in [0.15, 0.2) is 54.6 Å². The number of hydrogen-bond acceptors (Lipinski definition) is 2. The maximum Gasteiger partial charge on any atom is 0.227 e. The summed E-state index contributed by atoms with van der Waals surface area (Å²) in [5.74, 6) is 0.365. The van der Waals surface area contributed by atoms with Gasteiger partial charge in [-0.2, -0.15) is 0 Å². The highest BCUT2D eigenvalue weighted by Crippen LogP contribution is 2.33. The van der Waals surface area contributed by atoms with Gasteiger partial charge in [0.25, 0.3) is 0 Å². The monoisotopic (exact) mass is 378 g/mol. The molecule has 1 fully saturated rings. The number of carbonyl (C=O) groups excluding carboxylic acids is 2. The molecule has 3 rings (SSSR count). The topological polar surface area (TPSA) is 49.4 Å². The van der Waals surface area contributed by atoms with Crippen molar-refractivity contribution in [3.63, 3.8) is 0 Å². The van der Waals surface area contributed by atoms with Crippen LogP contribution in [0.5, 0.6) is 0 Å². The van der Waals surface area contributed by atoms with Gasteiger partial charge in [0.05, 0.1) is 12.3 Å². The summed E-state index contributed by atoms with van der Waals surface area (Å²) in [7, 11) is 0. The van der Waals surface area contributed by atoms with Crippen LogP contribution >= 0.6 is 0 Å². The van der Waals surface area contributed by atoms with Crippen LogP contribution in [0.4, 0.5) is 0 Å². The molecule has 0 aromatic heterocycles. The van der Waals surface area contributed by atoms with Gasteiger partial charge in [-0.25, -0.2) is 0 Å². The summed E-state index contributed by atoms with van der Waals surface area (Å²) in [6.07, 6.45) is 0.377. The van der Waals surface area contributed by atoms with Gasteiger partial charge in [-0.3, -0.25) is 9.59 Å². The Hall–Kier alpha value is -2.62. The minimum Gasteiger partial charge on any atom is -0.356 e. The fraction of sp³-hybridized carbons (Fsp3) is 0.417. The molecule has 0 spiro atoms. The third kappa shape index (κ3) is 5.00. The van der Waals surface area contributed by atoms with Crippen molar-refractivity contribution in [2.45, 2.75) is 33.1 Å². The zero-order valence-corrected chi connectivity index (χ0v) is 17.0. The number of amides is 2. The maximum absolute atomic E-state index is 12.9. The average Bonchev–Trinajstić information content (AvgIpc) is 3.13. The normalized spacial score (nSPS) is 19.1. The Balaban J connectivity index is 1.76. The summed E-state index contributed by atoms with van der Waals surface area (Å²) < 4.78 is 0. The van der Waals surface area contributed by atoms with Crippen molar-refractivity contribution >= 4 is 11.8 Å². The first kappa shape index (κ1) is 20.1. The van der Waals surface area contributed by atoms with E-state index in [-0.39, 0.29) is 23.7 Å². The number of rotatable bonds is 6. The summed E-state index contributed by atoms with van der Waals surface area (Å²) in [6.45, 7) is 7.96. The van der Waals surface area contributed by atoms with E-state index >= 15 is 0 Å². The summed E-state index contributed by atoms with van der Waals surface area (Å²) in [5.41, 5.74) is 3.33. The van der Waals surface area contributed by atoms with Crippen molar-refractivity contribution in [2.75, 3.05) is 19.6 Å². The molecule has 0 bridgehead atoms. The van der Waals surface area contributed by atoms with Crippen molar-refractivity contribution in [1.29, 1.82) is 0 Å². The molecule has 2 aromatic carbocycles. The van der Waals surface area contributed by atoms with Crippen LogP contribution in [0.3, 0.4) is 0 Å². The van der Waals surface area contributed by atoms with Crippen molar-refractivity contribution < 1.29 is 9.59 Å². The molecule has 1 saturated heterocycles. The number of aryl methyl sites for hydroxylation is 1. The van der Waals surface area contributed by atoms with Crippen molar-refractivity contribution in [3.8, 4) is 0 Å². The molecule has 28 heavy (non-hydrogen) atoms. The summed E-state index contributed by atoms with van der Waals surface area (Å²) in [4.78, 5) is 27.6. The number of benzene rings is 2. The zero-order chi connectivity index (χ0) is 20.1. The predicted molar refractivity (Wildman–Crippen MR) is 112 cm³/mol. The second-order valence-electron chi connectivity index (χ2n) is 8.22. The van der Waals surface area contributed by atoms with E-state index in [2.05, 4.69) is 50.4 Å². The number of nitrogens with one attached hydrogen (secondary N) is 1. The van der Waals surface area contributed by atoms with E-state index in [9.17, 15) is 9.59 Å². The van der Waals surface area contributed by atoms with Gasteiger partial charge < -0.3 is 10.2 Å². The van der Waals surface area contributed by atoms with Crippen LogP contribution in [0, 0.1) is 18.8 Å². The first-order chi connectivity index (χ1) is 13.4. The van der Waals surface area contributed by atoms with Crippen molar-refractivity contribution in [2.24, 2.45) is 11.8 Å². The van der Waals surface area contributed by atoms with Gasteiger partial charge in [0, 0.05) is 25.6 Å². The van der Waals surface area contributed by atoms with E-state index in [0.717, 1.165) is 11.1 Å². The molecule has 0 radical (unpaired) electrons. The molecule has 0 saturated carbocycles. The summed E-state index contributed by atoms with van der Waals surface area (Å²) >= 11 is 0. The Labute approximate surface area is 167 Å². The molecule has 4 heteroatoms. The maximum atomic E-state index is 12.9. The van der Waals surface area contributed by atoms with Gasteiger partial charge in [0.2, 0.25) is 11.8 Å². The molecule has 148 valence electrons. The van der Waals surface area contributed by atoms with Gasteiger partial charge in [-0.1, -0.05) is 74.0 Å². The van der Waals surface area contributed by atoms with Crippen molar-refractivity contribution in [1.82, 2.24) is 10.2 Å². The molecule has 0 aliphatic carbocycles. The summed E-state index contributed by atoms with van der Waals surface area (Å²) in [6, 6.07) is 18.1. The molecular formula is C24H30N2O2. The molecule has 1 heterocycles. The first-order valence-electron chi connectivity index (χ1n) is 10.1. The van der Waals surface area contributed by atoms with Gasteiger partial charge in [0.15, 0.2) is 0 Å². The van der Waals surface area contributed by atoms with E-state index < -0.39 is 0 Å². The molecular weight excluding hydrogens is 348 g/mol. The Bertz CT molecular complexity index is 799. The van der Waals surface area contributed by atoms with Gasteiger partial charge in [-0.15, -0.1) is 0 Å². The highest BCUT2D eigenvalue weighted by atomic mass is 16.2. The Morgan fingerprint density at radius 2 is 1.71 bits per heavy atom. The SMILES string of the molecule is Cc1ccc(C2CN(C(=O)Cc3ccccc3)CC2C(=O)NCC(C)C)cc1. The quantitative estimate of drug-likeness (QED) is 0.836. The molecule has 1 aliphatic rings. The third-order valence-corrected chi connectivity index (χ3v) is 5.40. The fourth-order valence-electron chi connectivity index (χ4n) is 3.74. The lowest BCUT2D eigenvalue weighted by Gasteiger charge is -2.19. The van der Waals surface area contributed by atoms with Crippen LogP contribution in [0.1, 0.15) is 36.5 Å². The van der Waals surface area contributed by atoms with Crippen LogP contribution in [0.2, 0.25) is 0 Å². The zero-order valence-electron chi connectivity index (χ0n) is 17.0. The lowest BCUT2D eigenvalue weighted by atomic mass is 9.88. The smallest absolute Gasteiger partial charge is 0.227 e. The van der Waals surface area contributed by atoms with Crippen molar-refractivity contribution in [3.05, 3.63) is 71.3 Å².